The molecule has 0 aliphatic rings. The van der Waals surface area contributed by atoms with Gasteiger partial charge in [0.25, 0.3) is 0 Å². The van der Waals surface area contributed by atoms with Gasteiger partial charge in [0.1, 0.15) is 0 Å². The summed E-state index contributed by atoms with van der Waals surface area (Å²) in [5.74, 6) is -1.60. The van der Waals surface area contributed by atoms with Gasteiger partial charge in [-0.1, -0.05) is 22.0 Å². The Kier molecular flexibility index (Phi) is 3.25. The molecule has 0 saturated heterocycles. The van der Waals surface area contributed by atoms with Crippen molar-refractivity contribution < 1.29 is 8.78 Å². The third kappa shape index (κ3) is 1.99. The van der Waals surface area contributed by atoms with E-state index in [4.69, 9.17) is 0 Å². The highest BCUT2D eigenvalue weighted by atomic mass is 79.9. The van der Waals surface area contributed by atoms with Gasteiger partial charge < -0.3 is 4.90 Å². The molecule has 0 unspecified atom stereocenters. The highest BCUT2D eigenvalue weighted by molar-refractivity contribution is 9.08. The van der Waals surface area contributed by atoms with Crippen molar-refractivity contribution in [2.45, 2.75) is 5.33 Å². The molecule has 72 valence electrons. The lowest BCUT2D eigenvalue weighted by Gasteiger charge is -2.17. The lowest BCUT2D eigenvalue weighted by atomic mass is 10.2. The fourth-order valence-corrected chi connectivity index (χ4v) is 1.62. The summed E-state index contributed by atoms with van der Waals surface area (Å²) in [6, 6.07) is 2.71. The van der Waals surface area contributed by atoms with Crippen LogP contribution in [0.2, 0.25) is 0 Å². The minimum Gasteiger partial charge on any atom is -0.375 e. The molecule has 0 spiro atoms. The first-order valence-electron chi connectivity index (χ1n) is 3.78. The fraction of sp³-hybridized carbons (Fsp3) is 0.333. The zero-order chi connectivity index (χ0) is 10.0. The van der Waals surface area contributed by atoms with Gasteiger partial charge in [-0.05, 0) is 11.6 Å². The minimum absolute atomic E-state index is 0.303. The maximum Gasteiger partial charge on any atom is 0.182 e. The second kappa shape index (κ2) is 4.05. The first-order chi connectivity index (χ1) is 6.07. The number of hydrogen-bond acceptors (Lipinski definition) is 1. The molecule has 0 N–H and O–H groups in total. The van der Waals surface area contributed by atoms with E-state index in [9.17, 15) is 8.78 Å². The van der Waals surface area contributed by atoms with Gasteiger partial charge in [0, 0.05) is 19.4 Å². The Labute approximate surface area is 84.5 Å². The van der Waals surface area contributed by atoms with Crippen LogP contribution in [-0.2, 0) is 5.33 Å². The van der Waals surface area contributed by atoms with Crippen LogP contribution in [0, 0.1) is 11.6 Å². The largest absolute Gasteiger partial charge is 0.375 e. The molecule has 1 nitrogen and oxygen atoms in total. The lowest BCUT2D eigenvalue weighted by Crippen LogP contribution is -2.13. The third-order valence-electron chi connectivity index (χ3n) is 1.74. The molecule has 0 aromatic heterocycles. The van der Waals surface area contributed by atoms with Crippen LogP contribution in [0.4, 0.5) is 14.5 Å². The van der Waals surface area contributed by atoms with Crippen LogP contribution in [0.3, 0.4) is 0 Å². The standard InChI is InChI=1S/C9H10BrF2N/c1-13(2)9-6(5-10)3-4-7(11)8(9)12/h3-4H,5H2,1-2H3. The first-order valence-corrected chi connectivity index (χ1v) is 4.90. The van der Waals surface area contributed by atoms with Crippen molar-refractivity contribution >= 4 is 21.6 Å². The maximum absolute atomic E-state index is 13.3. The first kappa shape index (κ1) is 10.4. The summed E-state index contributed by atoms with van der Waals surface area (Å²) in [5.41, 5.74) is 1.04. The predicted molar refractivity (Wildman–Crippen MR) is 53.3 cm³/mol. The van der Waals surface area contributed by atoms with Gasteiger partial charge in [-0.25, -0.2) is 8.78 Å². The van der Waals surface area contributed by atoms with Gasteiger partial charge in [0.2, 0.25) is 0 Å². The Morgan fingerprint density at radius 2 is 1.92 bits per heavy atom. The van der Waals surface area contributed by atoms with Crippen molar-refractivity contribution in [2.24, 2.45) is 0 Å². The van der Waals surface area contributed by atoms with E-state index >= 15 is 0 Å². The molecule has 13 heavy (non-hydrogen) atoms. The van der Waals surface area contributed by atoms with Gasteiger partial charge in [-0.15, -0.1) is 0 Å². The molecule has 1 rings (SSSR count). The van der Waals surface area contributed by atoms with Gasteiger partial charge in [-0.3, -0.25) is 0 Å². The van der Waals surface area contributed by atoms with E-state index < -0.39 is 11.6 Å². The zero-order valence-electron chi connectivity index (χ0n) is 7.44. The van der Waals surface area contributed by atoms with Gasteiger partial charge in [-0.2, -0.15) is 0 Å². The summed E-state index contributed by atoms with van der Waals surface area (Å²) < 4.78 is 26.1. The third-order valence-corrected chi connectivity index (χ3v) is 2.35. The highest BCUT2D eigenvalue weighted by Gasteiger charge is 2.13. The zero-order valence-corrected chi connectivity index (χ0v) is 9.03. The second-order valence-electron chi connectivity index (χ2n) is 2.90. The summed E-state index contributed by atoms with van der Waals surface area (Å²) in [4.78, 5) is 1.56. The van der Waals surface area contributed by atoms with Crippen LogP contribution < -0.4 is 4.90 Å². The number of alkyl halides is 1. The molecule has 0 saturated carbocycles. The lowest BCUT2D eigenvalue weighted by molar-refractivity contribution is 0.508. The molecule has 0 bridgehead atoms. The molecule has 1 aromatic carbocycles. The van der Waals surface area contributed by atoms with Crippen molar-refractivity contribution in [1.29, 1.82) is 0 Å². The van der Waals surface area contributed by atoms with Crippen molar-refractivity contribution in [2.75, 3.05) is 19.0 Å². The van der Waals surface area contributed by atoms with Crippen LogP contribution in [-0.4, -0.2) is 14.1 Å². The molecule has 0 amide bonds. The average Bonchev–Trinajstić information content (AvgIpc) is 2.08. The van der Waals surface area contributed by atoms with Gasteiger partial charge in [0.15, 0.2) is 11.6 Å². The number of benzene rings is 1. The maximum atomic E-state index is 13.3. The smallest absolute Gasteiger partial charge is 0.182 e. The van der Waals surface area contributed by atoms with Crippen LogP contribution in [0.15, 0.2) is 12.1 Å². The van der Waals surface area contributed by atoms with E-state index in [1.807, 2.05) is 0 Å². The van der Waals surface area contributed by atoms with Crippen LogP contribution in [0.5, 0.6) is 0 Å². The monoisotopic (exact) mass is 249 g/mol. The number of anilines is 1. The van der Waals surface area contributed by atoms with Crippen molar-refractivity contribution in [1.82, 2.24) is 0 Å². The Bertz CT molecular complexity index is 313. The van der Waals surface area contributed by atoms with E-state index in [1.54, 1.807) is 25.1 Å². The molecular weight excluding hydrogens is 240 g/mol. The summed E-state index contributed by atoms with van der Waals surface area (Å²) in [7, 11) is 3.37. The Morgan fingerprint density at radius 1 is 1.31 bits per heavy atom. The molecule has 0 fully saturated rings. The molecule has 0 radical (unpaired) electrons. The quantitative estimate of drug-likeness (QED) is 0.729. The molecular formula is C9H10BrF2N. The number of rotatable bonds is 2. The van der Waals surface area contributed by atoms with Gasteiger partial charge in [0.05, 0.1) is 5.69 Å². The minimum atomic E-state index is -0.812. The number of hydrogen-bond donors (Lipinski definition) is 0. The SMILES string of the molecule is CN(C)c1c(CBr)ccc(F)c1F. The second-order valence-corrected chi connectivity index (χ2v) is 3.46. The average molecular weight is 250 g/mol. The molecule has 0 aliphatic heterocycles. The number of nitrogens with zero attached hydrogens (tertiary/aromatic N) is 1. The van der Waals surface area contributed by atoms with Crippen molar-refractivity contribution in [3.05, 3.63) is 29.3 Å². The predicted octanol–water partition coefficient (Wildman–Crippen LogP) is 2.93. The highest BCUT2D eigenvalue weighted by Crippen LogP contribution is 2.26. The molecule has 0 heterocycles. The molecule has 4 heteroatoms. The Hall–Kier alpha value is -0.640. The normalized spacial score (nSPS) is 10.2. The molecule has 0 atom stereocenters. The molecule has 1 aromatic rings. The summed E-state index contributed by atoms with van der Waals surface area (Å²) in [5, 5.41) is 0.512. The van der Waals surface area contributed by atoms with E-state index in [-0.39, 0.29) is 0 Å². The van der Waals surface area contributed by atoms with E-state index in [2.05, 4.69) is 15.9 Å². The van der Waals surface area contributed by atoms with Crippen LogP contribution >= 0.6 is 15.9 Å². The summed E-state index contributed by atoms with van der Waals surface area (Å²) in [6.07, 6.45) is 0. The fourth-order valence-electron chi connectivity index (χ4n) is 1.17. The van der Waals surface area contributed by atoms with Crippen LogP contribution in [0.1, 0.15) is 5.56 Å². The number of halogens is 3. The van der Waals surface area contributed by atoms with Gasteiger partial charge >= 0.3 is 0 Å². The Morgan fingerprint density at radius 3 is 2.38 bits per heavy atom. The van der Waals surface area contributed by atoms with E-state index in [0.717, 1.165) is 11.6 Å². The Balaban J connectivity index is 3.32. The van der Waals surface area contributed by atoms with Crippen LogP contribution in [0.25, 0.3) is 0 Å². The topological polar surface area (TPSA) is 3.24 Å². The van der Waals surface area contributed by atoms with Crippen molar-refractivity contribution in [3.8, 4) is 0 Å². The summed E-state index contributed by atoms with van der Waals surface area (Å²) >= 11 is 3.22. The van der Waals surface area contributed by atoms with E-state index in [1.165, 1.54) is 0 Å². The van der Waals surface area contributed by atoms with E-state index in [0.29, 0.717) is 11.0 Å². The summed E-state index contributed by atoms with van der Waals surface area (Å²) in [6.45, 7) is 0. The van der Waals surface area contributed by atoms with Crippen molar-refractivity contribution in [3.63, 3.8) is 0 Å². The molecule has 0 aliphatic carbocycles.